The molecule has 2 aromatic heterocycles. The number of aromatic amines is 1. The lowest BCUT2D eigenvalue weighted by molar-refractivity contribution is -1.10. The van der Waals surface area contributed by atoms with E-state index < -0.39 is 52.8 Å². The highest BCUT2D eigenvalue weighted by atomic mass is 35.5. The zero-order valence-electron chi connectivity index (χ0n) is 21.3. The van der Waals surface area contributed by atoms with Gasteiger partial charge >= 0.3 is 12.1 Å². The maximum absolute atomic E-state index is 14.8. The minimum Gasteiger partial charge on any atom is -0.338 e. The quantitative estimate of drug-likeness (QED) is 0.326. The average Bonchev–Trinajstić information content (AvgIpc) is 3.45. The number of piperidine rings is 1. The molecule has 1 unspecified atom stereocenters. The van der Waals surface area contributed by atoms with Crippen molar-refractivity contribution in [3.63, 3.8) is 0 Å². The first kappa shape index (κ1) is 29.3. The van der Waals surface area contributed by atoms with Gasteiger partial charge in [0, 0.05) is 50.7 Å². The van der Waals surface area contributed by atoms with Crippen molar-refractivity contribution >= 4 is 40.6 Å². The van der Waals surface area contributed by atoms with E-state index in [1.807, 2.05) is 0 Å². The van der Waals surface area contributed by atoms with Gasteiger partial charge in [-0.1, -0.05) is 29.3 Å². The van der Waals surface area contributed by atoms with Crippen LogP contribution in [0.5, 0.6) is 0 Å². The van der Waals surface area contributed by atoms with Gasteiger partial charge < -0.3 is 9.88 Å². The number of rotatable bonds is 5. The van der Waals surface area contributed by atoms with Crippen LogP contribution in [0.2, 0.25) is 10.2 Å². The molecule has 41 heavy (non-hydrogen) atoms. The third-order valence-corrected chi connectivity index (χ3v) is 8.43. The molecule has 2 atom stereocenters. The number of hydroxylamine groups is 3. The van der Waals surface area contributed by atoms with Gasteiger partial charge in [0.1, 0.15) is 35.6 Å². The summed E-state index contributed by atoms with van der Waals surface area (Å²) in [5.41, 5.74) is 0.664. The molecule has 1 amide bonds. The molecule has 0 bridgehead atoms. The Morgan fingerprint density at radius 2 is 1.83 bits per heavy atom. The number of carbonyl (C=O) groups excluding carboxylic acids is 2. The van der Waals surface area contributed by atoms with Crippen LogP contribution in [0.3, 0.4) is 0 Å². The molecule has 1 N–H and O–H groups in total. The summed E-state index contributed by atoms with van der Waals surface area (Å²) in [6.45, 7) is -0.407. The largest absolute Gasteiger partial charge is 0.497 e. The summed E-state index contributed by atoms with van der Waals surface area (Å²) in [4.78, 5) is 45.9. The highest BCUT2D eigenvalue weighted by molar-refractivity contribution is 6.42. The number of amides is 1. The maximum Gasteiger partial charge on any atom is 0.497 e. The van der Waals surface area contributed by atoms with Crippen molar-refractivity contribution in [3.05, 3.63) is 73.6 Å². The molecule has 0 aliphatic carbocycles. The average molecular weight is 622 g/mol. The van der Waals surface area contributed by atoms with Gasteiger partial charge in [-0.3, -0.25) is 18.8 Å². The molecule has 0 radical (unpaired) electrons. The van der Waals surface area contributed by atoms with Crippen molar-refractivity contribution in [3.8, 4) is 0 Å². The molecule has 8 nitrogen and oxygen atoms in total. The lowest BCUT2D eigenvalue weighted by Gasteiger charge is -2.41. The Bertz CT molecular complexity index is 1570. The number of hydrogen-bond acceptors (Lipinski definition) is 4. The van der Waals surface area contributed by atoms with Crippen LogP contribution in [-0.4, -0.2) is 75.4 Å². The van der Waals surface area contributed by atoms with Crippen molar-refractivity contribution in [1.82, 2.24) is 14.3 Å². The number of hydrogen-bond donors (Lipinski definition) is 1. The second-order valence-electron chi connectivity index (χ2n) is 10.2. The number of likely N-dealkylation sites (tertiary alicyclic amines) is 2. The molecule has 2 fully saturated rings. The van der Waals surface area contributed by atoms with Gasteiger partial charge in [0.25, 0.3) is 11.5 Å². The number of quaternary nitrogens is 1. The predicted molar refractivity (Wildman–Crippen MR) is 138 cm³/mol. The number of nitrogens with one attached hydrogen (secondary N) is 1. The van der Waals surface area contributed by atoms with Gasteiger partial charge in [-0.25, -0.2) is 13.6 Å². The summed E-state index contributed by atoms with van der Waals surface area (Å²) in [7, 11) is 0. The van der Waals surface area contributed by atoms with Crippen molar-refractivity contribution in [2.75, 3.05) is 26.2 Å². The number of carbonyl (C=O) groups is 2. The molecule has 2 aliphatic heterocycles. The molecule has 0 saturated carbocycles. The zero-order chi connectivity index (χ0) is 29.7. The summed E-state index contributed by atoms with van der Waals surface area (Å²) in [5, 5.41) is 0.304. The van der Waals surface area contributed by atoms with Crippen LogP contribution in [0.15, 0.2) is 35.3 Å². The number of nitrogens with zero attached hydrogens (tertiary/aromatic N) is 3. The lowest BCUT2D eigenvalue weighted by Crippen LogP contribution is -2.59. The highest BCUT2D eigenvalue weighted by Gasteiger charge is 2.55. The van der Waals surface area contributed by atoms with E-state index in [2.05, 4.69) is 4.98 Å². The smallest absolute Gasteiger partial charge is 0.338 e. The Morgan fingerprint density at radius 3 is 2.46 bits per heavy atom. The highest BCUT2D eigenvalue weighted by Crippen LogP contribution is 2.34. The fourth-order valence-electron chi connectivity index (χ4n) is 5.67. The van der Waals surface area contributed by atoms with E-state index >= 15 is 0 Å². The molecular weight excluding hydrogens is 598 g/mol. The van der Waals surface area contributed by atoms with Gasteiger partial charge in [0.15, 0.2) is 6.17 Å². The summed E-state index contributed by atoms with van der Waals surface area (Å²) in [5.74, 6) is -3.77. The van der Waals surface area contributed by atoms with E-state index in [0.29, 0.717) is 11.3 Å². The molecular formula is C26H24Cl2F5N4O4+. The fraction of sp³-hybridized carbons (Fsp3) is 0.423. The van der Waals surface area contributed by atoms with Gasteiger partial charge in [0.2, 0.25) is 0 Å². The van der Waals surface area contributed by atoms with Crippen LogP contribution >= 0.6 is 23.2 Å². The number of H-pyrrole nitrogens is 1. The third-order valence-electron chi connectivity index (χ3n) is 7.68. The van der Waals surface area contributed by atoms with Gasteiger partial charge in [-0.15, -0.1) is 4.65 Å². The minimum atomic E-state index is -5.22. The topological polar surface area (TPSA) is 83.9 Å². The minimum absolute atomic E-state index is 0.0473. The Labute approximate surface area is 239 Å². The van der Waals surface area contributed by atoms with Crippen molar-refractivity contribution < 1.29 is 41.0 Å². The van der Waals surface area contributed by atoms with Crippen LogP contribution in [0.1, 0.15) is 40.9 Å². The zero-order valence-corrected chi connectivity index (χ0v) is 22.8. The summed E-state index contributed by atoms with van der Waals surface area (Å²) >= 11 is 12.4. The fourth-order valence-corrected chi connectivity index (χ4v) is 6.11. The first-order chi connectivity index (χ1) is 19.3. The van der Waals surface area contributed by atoms with Crippen LogP contribution in [-0.2, 0) is 16.1 Å². The van der Waals surface area contributed by atoms with E-state index in [1.165, 1.54) is 33.7 Å². The number of halogens is 7. The van der Waals surface area contributed by atoms with Crippen LogP contribution < -0.4 is 5.56 Å². The van der Waals surface area contributed by atoms with Crippen LogP contribution in [0, 0.1) is 5.82 Å². The Hall–Kier alpha value is -3.16. The van der Waals surface area contributed by atoms with Crippen molar-refractivity contribution in [2.45, 2.75) is 44.1 Å². The monoisotopic (exact) mass is 621 g/mol. The second kappa shape index (κ2) is 10.9. The van der Waals surface area contributed by atoms with E-state index in [0.717, 1.165) is 6.07 Å². The van der Waals surface area contributed by atoms with Gasteiger partial charge in [0.05, 0.1) is 10.6 Å². The Morgan fingerprint density at radius 1 is 1.12 bits per heavy atom. The first-order valence-electron chi connectivity index (χ1n) is 12.8. The molecule has 2 saturated heterocycles. The number of benzene rings is 1. The SMILES string of the molecule is O=C(c1cc(Cc2c[nH]c(=O)c3cc(Cl)c(Cl)n23)ccc1F)N1CCC([N+]2(OC(=O)C(F)(F)F)CC[C@H](F)C2)CC1. The Kier molecular flexibility index (Phi) is 7.81. The molecule has 15 heteroatoms. The number of alkyl halides is 4. The molecule has 1 aromatic carbocycles. The third kappa shape index (κ3) is 5.67. The first-order valence-corrected chi connectivity index (χ1v) is 13.5. The van der Waals surface area contributed by atoms with Crippen LogP contribution in [0.25, 0.3) is 5.52 Å². The molecule has 5 rings (SSSR count). The summed E-state index contributed by atoms with van der Waals surface area (Å²) in [6.07, 6.45) is -4.83. The van der Waals surface area contributed by atoms with Crippen LogP contribution in [0.4, 0.5) is 22.0 Å². The van der Waals surface area contributed by atoms with E-state index in [1.54, 1.807) is 0 Å². The molecule has 3 aromatic rings. The second-order valence-corrected chi connectivity index (χ2v) is 11.0. The maximum atomic E-state index is 14.8. The van der Waals surface area contributed by atoms with Gasteiger partial charge in [-0.05, 0) is 23.8 Å². The lowest BCUT2D eigenvalue weighted by atomic mass is 10.0. The Balaban J connectivity index is 1.32. The van der Waals surface area contributed by atoms with E-state index in [-0.39, 0.29) is 66.6 Å². The summed E-state index contributed by atoms with van der Waals surface area (Å²) in [6, 6.07) is 4.78. The van der Waals surface area contributed by atoms with Gasteiger partial charge in [-0.2, -0.15) is 13.2 Å². The molecule has 2 aliphatic rings. The molecule has 0 spiro atoms. The summed E-state index contributed by atoms with van der Waals surface area (Å²) < 4.78 is 68.3. The van der Waals surface area contributed by atoms with Crippen molar-refractivity contribution in [1.29, 1.82) is 0 Å². The van der Waals surface area contributed by atoms with Crippen molar-refractivity contribution in [2.24, 2.45) is 0 Å². The van der Waals surface area contributed by atoms with E-state index in [4.69, 9.17) is 28.0 Å². The number of fused-ring (bicyclic) bond motifs is 1. The van der Waals surface area contributed by atoms with E-state index in [9.17, 15) is 36.3 Å². The molecule has 220 valence electrons. The standard InChI is InChI=1S/C26H23Cl2F5N4O4/c27-19-11-21-23(38)34-12-16(36(21)22(19)28)9-14-1-2-20(30)18(10-14)24(39)35-6-3-17(4-7-35)37(8-5-15(29)13-37)41-25(40)26(31,32)33/h1-2,10-12,15,17H,3-9,13H2/p+1/t15-,37?/m0/s1. The molecule has 4 heterocycles. The normalized spacial score (nSPS) is 21.9. The number of aromatic nitrogens is 2. The predicted octanol–water partition coefficient (Wildman–Crippen LogP) is 4.85.